The fourth-order valence-corrected chi connectivity index (χ4v) is 2.24. The van der Waals surface area contributed by atoms with Gasteiger partial charge in [-0.1, -0.05) is 12.1 Å². The van der Waals surface area contributed by atoms with Gasteiger partial charge in [0.2, 0.25) is 0 Å². The van der Waals surface area contributed by atoms with Gasteiger partial charge in [-0.15, -0.1) is 24.0 Å². The second-order valence-corrected chi connectivity index (χ2v) is 5.67. The first kappa shape index (κ1) is 22.1. The molecule has 0 saturated heterocycles. The van der Waals surface area contributed by atoms with Crippen LogP contribution in [0.1, 0.15) is 31.0 Å². The van der Waals surface area contributed by atoms with Crippen molar-refractivity contribution in [3.8, 4) is 5.75 Å². The van der Waals surface area contributed by atoms with Gasteiger partial charge in [0.15, 0.2) is 5.96 Å². The fraction of sp³-hybridized carbons (Fsp3) is 0.368. The molecule has 1 aromatic carbocycles. The smallest absolute Gasteiger partial charge is 0.191 e. The van der Waals surface area contributed by atoms with E-state index in [-0.39, 0.29) is 35.8 Å². The zero-order valence-electron chi connectivity index (χ0n) is 15.3. The summed E-state index contributed by atoms with van der Waals surface area (Å²) in [6, 6.07) is 8.88. The molecular weight excluding hydrogens is 446 g/mol. The van der Waals surface area contributed by atoms with Crippen molar-refractivity contribution in [2.24, 2.45) is 4.99 Å². The summed E-state index contributed by atoms with van der Waals surface area (Å²) in [5.41, 5.74) is 1.52. The number of ether oxygens (including phenoxy) is 1. The second kappa shape index (κ2) is 11.7. The third-order valence-electron chi connectivity index (χ3n) is 3.66. The molecule has 0 fully saturated rings. The van der Waals surface area contributed by atoms with Crippen LogP contribution in [0, 0.1) is 12.7 Å². The molecule has 2 aromatic rings. The van der Waals surface area contributed by atoms with Crippen molar-refractivity contribution in [1.29, 1.82) is 0 Å². The van der Waals surface area contributed by atoms with Gasteiger partial charge < -0.3 is 15.4 Å². The van der Waals surface area contributed by atoms with Crippen LogP contribution in [0.25, 0.3) is 0 Å². The van der Waals surface area contributed by atoms with E-state index in [1.165, 1.54) is 0 Å². The predicted molar refractivity (Wildman–Crippen MR) is 114 cm³/mol. The van der Waals surface area contributed by atoms with Crippen LogP contribution >= 0.6 is 24.0 Å². The molecule has 0 amide bonds. The Balaban J connectivity index is 0.00000338. The molecule has 7 heteroatoms. The Hall–Kier alpha value is -1.90. The van der Waals surface area contributed by atoms with E-state index in [1.807, 2.05) is 32.0 Å². The van der Waals surface area contributed by atoms with Gasteiger partial charge in [0.1, 0.15) is 18.2 Å². The summed E-state index contributed by atoms with van der Waals surface area (Å²) in [6.45, 7) is 7.42. The number of pyridine rings is 1. The molecule has 1 unspecified atom stereocenters. The molecule has 0 saturated carbocycles. The highest BCUT2D eigenvalue weighted by Crippen LogP contribution is 2.16. The number of aliphatic imine (C=N–C) groups is 1. The van der Waals surface area contributed by atoms with Crippen molar-refractivity contribution < 1.29 is 9.13 Å². The molecule has 2 N–H and O–H groups in total. The number of halogens is 2. The van der Waals surface area contributed by atoms with E-state index in [4.69, 9.17) is 4.74 Å². The highest BCUT2D eigenvalue weighted by Gasteiger charge is 2.09. The Morgan fingerprint density at radius 1 is 1.35 bits per heavy atom. The number of benzene rings is 1. The Labute approximate surface area is 171 Å². The normalized spacial score (nSPS) is 12.1. The van der Waals surface area contributed by atoms with Crippen LogP contribution in [-0.2, 0) is 0 Å². The number of aryl methyl sites for hydroxylation is 1. The highest BCUT2D eigenvalue weighted by atomic mass is 127. The summed E-state index contributed by atoms with van der Waals surface area (Å²) in [7, 11) is 0. The van der Waals surface area contributed by atoms with Crippen LogP contribution < -0.4 is 15.4 Å². The summed E-state index contributed by atoms with van der Waals surface area (Å²) in [4.78, 5) is 8.49. The largest absolute Gasteiger partial charge is 0.490 e. The third kappa shape index (κ3) is 7.15. The molecule has 1 heterocycles. The predicted octanol–water partition coefficient (Wildman–Crippen LogP) is 3.84. The fourth-order valence-electron chi connectivity index (χ4n) is 2.24. The molecule has 142 valence electrons. The topological polar surface area (TPSA) is 58.5 Å². The number of rotatable bonds is 7. The van der Waals surface area contributed by atoms with E-state index in [1.54, 1.807) is 31.5 Å². The third-order valence-corrected chi connectivity index (χ3v) is 3.66. The van der Waals surface area contributed by atoms with Crippen LogP contribution in [0.3, 0.4) is 0 Å². The van der Waals surface area contributed by atoms with E-state index in [2.05, 4.69) is 20.6 Å². The zero-order chi connectivity index (χ0) is 18.1. The standard InChI is InChI=1S/C19H25FN4O.HI/c1-4-22-19(23-10-11-25-17-6-5-9-21-13-17)24-15(3)16-8-7-14(2)18(20)12-16;/h5-9,12-13,15H,4,10-11H2,1-3H3,(H2,22,23,24);1H. The monoisotopic (exact) mass is 472 g/mol. The van der Waals surface area contributed by atoms with Crippen LogP contribution in [0.15, 0.2) is 47.7 Å². The van der Waals surface area contributed by atoms with Crippen molar-refractivity contribution in [2.75, 3.05) is 19.7 Å². The maximum Gasteiger partial charge on any atom is 0.191 e. The zero-order valence-corrected chi connectivity index (χ0v) is 17.7. The minimum atomic E-state index is -0.196. The number of hydrogen-bond acceptors (Lipinski definition) is 3. The number of hydrogen-bond donors (Lipinski definition) is 2. The van der Waals surface area contributed by atoms with Gasteiger partial charge in [0.05, 0.1) is 18.8 Å². The molecular formula is C19H26FIN4O. The van der Waals surface area contributed by atoms with Gasteiger partial charge in [-0.05, 0) is 50.1 Å². The van der Waals surface area contributed by atoms with Crippen LogP contribution in [0.5, 0.6) is 5.75 Å². The van der Waals surface area contributed by atoms with E-state index < -0.39 is 0 Å². The number of aromatic nitrogens is 1. The molecule has 0 aliphatic heterocycles. The highest BCUT2D eigenvalue weighted by molar-refractivity contribution is 14.0. The lowest BCUT2D eigenvalue weighted by atomic mass is 10.1. The summed E-state index contributed by atoms with van der Waals surface area (Å²) >= 11 is 0. The SMILES string of the molecule is CCNC(=NCCOc1cccnc1)NC(C)c1ccc(C)c(F)c1.I. The van der Waals surface area contributed by atoms with E-state index in [0.717, 1.165) is 17.9 Å². The van der Waals surface area contributed by atoms with E-state index in [0.29, 0.717) is 24.7 Å². The molecule has 0 spiro atoms. The Bertz CT molecular complexity index is 697. The number of nitrogens with one attached hydrogen (secondary N) is 2. The summed E-state index contributed by atoms with van der Waals surface area (Å²) in [5.74, 6) is 1.20. The molecule has 0 aliphatic rings. The van der Waals surface area contributed by atoms with Gasteiger partial charge in [0.25, 0.3) is 0 Å². The quantitative estimate of drug-likeness (QED) is 0.278. The van der Waals surface area contributed by atoms with E-state index in [9.17, 15) is 4.39 Å². The van der Waals surface area contributed by atoms with Crippen LogP contribution in [-0.4, -0.2) is 30.6 Å². The summed E-state index contributed by atoms with van der Waals surface area (Å²) < 4.78 is 19.3. The molecule has 0 aliphatic carbocycles. The minimum Gasteiger partial charge on any atom is -0.490 e. The number of nitrogens with zero attached hydrogens (tertiary/aromatic N) is 2. The Kier molecular flexibility index (Phi) is 9.93. The van der Waals surface area contributed by atoms with Crippen molar-refractivity contribution in [2.45, 2.75) is 26.8 Å². The molecule has 2 rings (SSSR count). The van der Waals surface area contributed by atoms with Crippen LogP contribution in [0.4, 0.5) is 4.39 Å². The molecule has 1 aromatic heterocycles. The number of guanidine groups is 1. The first-order chi connectivity index (χ1) is 12.1. The van der Waals surface area contributed by atoms with Gasteiger partial charge >= 0.3 is 0 Å². The minimum absolute atomic E-state index is 0. The lowest BCUT2D eigenvalue weighted by Gasteiger charge is -2.18. The van der Waals surface area contributed by atoms with Crippen molar-refractivity contribution in [1.82, 2.24) is 15.6 Å². The first-order valence-corrected chi connectivity index (χ1v) is 8.44. The summed E-state index contributed by atoms with van der Waals surface area (Å²) in [6.07, 6.45) is 3.37. The molecule has 26 heavy (non-hydrogen) atoms. The molecule has 1 atom stereocenters. The van der Waals surface area contributed by atoms with Crippen molar-refractivity contribution >= 4 is 29.9 Å². The maximum absolute atomic E-state index is 13.7. The summed E-state index contributed by atoms with van der Waals surface area (Å²) in [5, 5.41) is 6.47. The van der Waals surface area contributed by atoms with Crippen LogP contribution in [0.2, 0.25) is 0 Å². The van der Waals surface area contributed by atoms with Crippen molar-refractivity contribution in [3.05, 3.63) is 59.7 Å². The average Bonchev–Trinajstić information content (AvgIpc) is 2.62. The average molecular weight is 472 g/mol. The van der Waals surface area contributed by atoms with Crippen molar-refractivity contribution in [3.63, 3.8) is 0 Å². The lowest BCUT2D eigenvalue weighted by molar-refractivity contribution is 0.327. The van der Waals surface area contributed by atoms with Gasteiger partial charge in [-0.2, -0.15) is 0 Å². The van der Waals surface area contributed by atoms with E-state index >= 15 is 0 Å². The maximum atomic E-state index is 13.7. The Morgan fingerprint density at radius 3 is 2.81 bits per heavy atom. The molecule has 5 nitrogen and oxygen atoms in total. The Morgan fingerprint density at radius 2 is 2.15 bits per heavy atom. The van der Waals surface area contributed by atoms with Gasteiger partial charge in [-0.25, -0.2) is 9.38 Å². The second-order valence-electron chi connectivity index (χ2n) is 5.67. The first-order valence-electron chi connectivity index (χ1n) is 8.44. The molecule has 0 radical (unpaired) electrons. The lowest BCUT2D eigenvalue weighted by Crippen LogP contribution is -2.39. The van der Waals surface area contributed by atoms with Gasteiger partial charge in [0, 0.05) is 12.7 Å². The van der Waals surface area contributed by atoms with Gasteiger partial charge in [-0.3, -0.25) is 4.98 Å². The molecule has 0 bridgehead atoms.